The second-order valence-corrected chi connectivity index (χ2v) is 14.4. The number of para-hydroxylation sites is 1. The summed E-state index contributed by atoms with van der Waals surface area (Å²) in [5.74, 6) is -0.250. The molecular weight excluding hydrogens is 617 g/mol. The minimum atomic E-state index is -4.36. The Morgan fingerprint density at radius 3 is 2.38 bits per heavy atom. The molecule has 0 aliphatic carbocycles. The van der Waals surface area contributed by atoms with E-state index in [-0.39, 0.29) is 27.6 Å². The molecular formula is C32H38N4O7S2. The smallest absolute Gasteiger partial charge is 0.411 e. The van der Waals surface area contributed by atoms with Crippen LogP contribution in [0, 0.1) is 0 Å². The van der Waals surface area contributed by atoms with Crippen LogP contribution in [0.2, 0.25) is 0 Å². The summed E-state index contributed by atoms with van der Waals surface area (Å²) in [4.78, 5) is 35.3. The molecule has 2 saturated heterocycles. The standard InChI is InChI=1S/C32H38N4O7S2/c1-4-42-28-9-6-5-8-25(28)32(43-31(38)35-19-17-34(18-20-35)23-13-15-33(2)16-14-23)26-22-24(41-3)11-12-27(26)36(30(32)37)45(39,40)29-10-7-21-44-29/h5-12,21-23H,4,13-20H2,1-3H3. The van der Waals surface area contributed by atoms with Crippen molar-refractivity contribution in [3.8, 4) is 11.5 Å². The summed E-state index contributed by atoms with van der Waals surface area (Å²) in [6.45, 7) is 6.38. The first kappa shape index (κ1) is 31.3. The van der Waals surface area contributed by atoms with E-state index in [0.717, 1.165) is 41.6 Å². The van der Waals surface area contributed by atoms with Gasteiger partial charge in [-0.05, 0) is 75.6 Å². The van der Waals surface area contributed by atoms with Gasteiger partial charge in [-0.2, -0.15) is 12.7 Å². The number of likely N-dealkylation sites (tertiary alicyclic amines) is 1. The van der Waals surface area contributed by atoms with Crippen LogP contribution < -0.4 is 13.8 Å². The molecule has 1 atom stereocenters. The minimum Gasteiger partial charge on any atom is -0.497 e. The maximum Gasteiger partial charge on any atom is 0.411 e. The highest BCUT2D eigenvalue weighted by Crippen LogP contribution is 2.52. The van der Waals surface area contributed by atoms with Gasteiger partial charge in [0, 0.05) is 37.8 Å². The SMILES string of the molecule is CCOc1ccccc1C1(OC(=O)N2CCN(C3CCN(C)CC3)CC2)C(=O)N(S(=O)(=O)c2cccs2)c2ccc(OC)cc21. The first-order valence-electron chi connectivity index (χ1n) is 15.1. The van der Waals surface area contributed by atoms with Crippen LogP contribution in [0.5, 0.6) is 11.5 Å². The minimum absolute atomic E-state index is 0.0112. The predicted molar refractivity (Wildman–Crippen MR) is 171 cm³/mol. The highest BCUT2D eigenvalue weighted by Gasteiger charge is 2.61. The molecule has 13 heteroatoms. The Balaban J connectivity index is 1.41. The number of benzene rings is 2. The molecule has 45 heavy (non-hydrogen) atoms. The number of thiophene rings is 1. The number of carbonyl (C=O) groups is 2. The van der Waals surface area contributed by atoms with E-state index in [2.05, 4.69) is 16.8 Å². The lowest BCUT2D eigenvalue weighted by Gasteiger charge is -2.42. The number of rotatable bonds is 8. The van der Waals surface area contributed by atoms with Gasteiger partial charge in [-0.1, -0.05) is 24.3 Å². The molecule has 1 aromatic heterocycles. The van der Waals surface area contributed by atoms with Crippen molar-refractivity contribution in [3.63, 3.8) is 0 Å². The fourth-order valence-corrected chi connectivity index (χ4v) is 9.01. The van der Waals surface area contributed by atoms with Crippen LogP contribution in [-0.2, 0) is 25.2 Å². The molecule has 0 saturated carbocycles. The third kappa shape index (κ3) is 5.56. The van der Waals surface area contributed by atoms with Crippen LogP contribution in [0.15, 0.2) is 64.2 Å². The Labute approximate surface area is 267 Å². The van der Waals surface area contributed by atoms with Crippen molar-refractivity contribution in [2.45, 2.75) is 35.6 Å². The van der Waals surface area contributed by atoms with Crippen LogP contribution in [-0.4, -0.2) is 101 Å². The number of methoxy groups -OCH3 is 1. The normalized spacial score (nSPS) is 21.5. The van der Waals surface area contributed by atoms with Crippen LogP contribution in [0.4, 0.5) is 10.5 Å². The maximum atomic E-state index is 14.8. The zero-order chi connectivity index (χ0) is 31.8. The third-order valence-electron chi connectivity index (χ3n) is 8.86. The fraction of sp³-hybridized carbons (Fsp3) is 0.438. The third-order valence-corrected chi connectivity index (χ3v) is 11.9. The molecule has 6 rings (SSSR count). The van der Waals surface area contributed by atoms with Crippen LogP contribution in [0.3, 0.4) is 0 Å². The van der Waals surface area contributed by atoms with E-state index in [4.69, 9.17) is 14.2 Å². The van der Waals surface area contributed by atoms with Crippen molar-refractivity contribution in [1.82, 2.24) is 14.7 Å². The van der Waals surface area contributed by atoms with E-state index < -0.39 is 27.6 Å². The summed E-state index contributed by atoms with van der Waals surface area (Å²) >= 11 is 1.00. The van der Waals surface area contributed by atoms with Gasteiger partial charge in [-0.3, -0.25) is 9.69 Å². The molecule has 2 amide bonds. The lowest BCUT2D eigenvalue weighted by atomic mass is 9.86. The molecule has 4 heterocycles. The Hall–Kier alpha value is -3.65. The van der Waals surface area contributed by atoms with Gasteiger partial charge in [0.05, 0.1) is 25.0 Å². The lowest BCUT2D eigenvalue weighted by Crippen LogP contribution is -2.55. The molecule has 0 bridgehead atoms. The van der Waals surface area contributed by atoms with Crippen molar-refractivity contribution in [2.24, 2.45) is 0 Å². The molecule has 0 radical (unpaired) electrons. The summed E-state index contributed by atoms with van der Waals surface area (Å²) in [6.07, 6.45) is 1.46. The molecule has 240 valence electrons. The van der Waals surface area contributed by atoms with Crippen molar-refractivity contribution in [1.29, 1.82) is 0 Å². The summed E-state index contributed by atoms with van der Waals surface area (Å²) < 4.78 is 46.6. The van der Waals surface area contributed by atoms with E-state index in [1.54, 1.807) is 59.7 Å². The van der Waals surface area contributed by atoms with Gasteiger partial charge in [-0.15, -0.1) is 11.3 Å². The number of ether oxygens (including phenoxy) is 3. The molecule has 3 aliphatic heterocycles. The van der Waals surface area contributed by atoms with Crippen molar-refractivity contribution in [3.05, 3.63) is 71.1 Å². The highest BCUT2D eigenvalue weighted by atomic mass is 32.2. The van der Waals surface area contributed by atoms with Gasteiger partial charge in [0.25, 0.3) is 15.9 Å². The summed E-state index contributed by atoms with van der Waals surface area (Å²) in [6, 6.07) is 14.9. The molecule has 1 unspecified atom stereocenters. The highest BCUT2D eigenvalue weighted by molar-refractivity contribution is 7.95. The Kier molecular flexibility index (Phi) is 8.79. The average molecular weight is 655 g/mol. The van der Waals surface area contributed by atoms with E-state index >= 15 is 0 Å². The topological polar surface area (TPSA) is 109 Å². The van der Waals surface area contributed by atoms with E-state index in [1.165, 1.54) is 19.2 Å². The molecule has 0 spiro atoms. The number of carbonyl (C=O) groups excluding carboxylic acids is 2. The Morgan fingerprint density at radius 2 is 1.71 bits per heavy atom. The number of anilines is 1. The summed E-state index contributed by atoms with van der Waals surface area (Å²) in [7, 11) is -0.750. The van der Waals surface area contributed by atoms with Crippen molar-refractivity contribution in [2.75, 3.05) is 64.3 Å². The Morgan fingerprint density at radius 1 is 0.978 bits per heavy atom. The maximum absolute atomic E-state index is 14.8. The number of piperazine rings is 1. The number of piperidine rings is 1. The van der Waals surface area contributed by atoms with Gasteiger partial charge in [0.1, 0.15) is 15.7 Å². The number of fused-ring (bicyclic) bond motifs is 1. The molecule has 2 fully saturated rings. The lowest BCUT2D eigenvalue weighted by molar-refractivity contribution is -0.132. The molecule has 11 nitrogen and oxygen atoms in total. The molecule has 3 aliphatic rings. The van der Waals surface area contributed by atoms with Gasteiger partial charge in [0.15, 0.2) is 0 Å². The average Bonchev–Trinajstić information content (AvgIpc) is 3.68. The number of amides is 2. The van der Waals surface area contributed by atoms with E-state index in [0.29, 0.717) is 43.7 Å². The van der Waals surface area contributed by atoms with Crippen molar-refractivity contribution >= 4 is 39.0 Å². The fourth-order valence-electron chi connectivity index (χ4n) is 6.49. The molecule has 3 aromatic rings. The largest absolute Gasteiger partial charge is 0.497 e. The summed E-state index contributed by atoms with van der Waals surface area (Å²) in [5.41, 5.74) is -1.67. The Bertz CT molecular complexity index is 1650. The first-order chi connectivity index (χ1) is 21.7. The summed E-state index contributed by atoms with van der Waals surface area (Å²) in [5, 5.41) is 1.63. The second-order valence-electron chi connectivity index (χ2n) is 11.4. The number of hydrogen-bond acceptors (Lipinski definition) is 10. The van der Waals surface area contributed by atoms with Crippen LogP contribution in [0.1, 0.15) is 30.9 Å². The van der Waals surface area contributed by atoms with Gasteiger partial charge >= 0.3 is 6.09 Å². The number of sulfonamides is 1. The number of nitrogens with zero attached hydrogens (tertiary/aromatic N) is 4. The van der Waals surface area contributed by atoms with Crippen LogP contribution >= 0.6 is 11.3 Å². The zero-order valence-corrected chi connectivity index (χ0v) is 27.3. The monoisotopic (exact) mass is 654 g/mol. The number of hydrogen-bond donors (Lipinski definition) is 0. The second kappa shape index (κ2) is 12.6. The van der Waals surface area contributed by atoms with Gasteiger partial charge in [0.2, 0.25) is 5.60 Å². The van der Waals surface area contributed by atoms with E-state index in [1.807, 2.05) is 0 Å². The van der Waals surface area contributed by atoms with Gasteiger partial charge < -0.3 is 24.0 Å². The first-order valence-corrected chi connectivity index (χ1v) is 17.5. The predicted octanol–water partition coefficient (Wildman–Crippen LogP) is 3.98. The molecule has 2 aromatic carbocycles. The van der Waals surface area contributed by atoms with E-state index in [9.17, 15) is 18.0 Å². The molecule has 0 N–H and O–H groups in total. The van der Waals surface area contributed by atoms with Crippen molar-refractivity contribution < 1.29 is 32.2 Å². The zero-order valence-electron chi connectivity index (χ0n) is 25.7. The van der Waals surface area contributed by atoms with Gasteiger partial charge in [-0.25, -0.2) is 4.79 Å². The van der Waals surface area contributed by atoms with Crippen LogP contribution in [0.25, 0.3) is 0 Å². The quantitative estimate of drug-likeness (QED) is 0.356.